The number of nitrogens with zero attached hydrogens (tertiary/aromatic N) is 1. The fraction of sp³-hybridized carbons (Fsp3) is 0.571. The fourth-order valence-corrected chi connectivity index (χ4v) is 1.51. The molecular weight excluding hydrogens is 256 g/mol. The summed E-state index contributed by atoms with van der Waals surface area (Å²) >= 11 is 0. The monoisotopic (exact) mass is 280 g/mol. The zero-order valence-corrected chi connectivity index (χ0v) is 12.6. The Morgan fingerprint density at radius 3 is 2.70 bits per heavy atom. The van der Waals surface area contributed by atoms with Gasteiger partial charge in [-0.25, -0.2) is 0 Å². The van der Waals surface area contributed by atoms with Crippen LogP contribution in [0.1, 0.15) is 27.7 Å². The van der Waals surface area contributed by atoms with Crippen LogP contribution in [0.4, 0.5) is 11.5 Å². The third-order valence-electron chi connectivity index (χ3n) is 2.55. The highest BCUT2D eigenvalue weighted by atomic mass is 16.5. The van der Waals surface area contributed by atoms with Crippen molar-refractivity contribution in [3.8, 4) is 5.88 Å². The van der Waals surface area contributed by atoms with Crippen LogP contribution in [-0.4, -0.2) is 30.1 Å². The summed E-state index contributed by atoms with van der Waals surface area (Å²) in [4.78, 5) is 15.9. The summed E-state index contributed by atoms with van der Waals surface area (Å²) in [7, 11) is 0. The molecule has 1 unspecified atom stereocenters. The molecule has 4 N–H and O–H groups in total. The van der Waals surface area contributed by atoms with E-state index in [0.717, 1.165) is 0 Å². The van der Waals surface area contributed by atoms with Crippen LogP contribution in [0.2, 0.25) is 0 Å². The SMILES string of the molecule is CCNC(=O)C(C)Nc1ccc(N)c(OCC(C)C)n1. The van der Waals surface area contributed by atoms with Gasteiger partial charge in [0, 0.05) is 6.54 Å². The smallest absolute Gasteiger partial charge is 0.242 e. The van der Waals surface area contributed by atoms with Gasteiger partial charge < -0.3 is 21.1 Å². The molecule has 112 valence electrons. The summed E-state index contributed by atoms with van der Waals surface area (Å²) < 4.78 is 5.55. The number of likely N-dealkylation sites (N-methyl/N-ethyl adjacent to an activating group) is 1. The molecule has 0 bridgehead atoms. The minimum absolute atomic E-state index is 0.0734. The number of carbonyl (C=O) groups is 1. The lowest BCUT2D eigenvalue weighted by Gasteiger charge is -2.16. The summed E-state index contributed by atoms with van der Waals surface area (Å²) in [5.41, 5.74) is 6.31. The van der Waals surface area contributed by atoms with Crippen molar-refractivity contribution in [3.05, 3.63) is 12.1 Å². The summed E-state index contributed by atoms with van der Waals surface area (Å²) in [6.07, 6.45) is 0. The van der Waals surface area contributed by atoms with Gasteiger partial charge in [-0.05, 0) is 31.9 Å². The summed E-state index contributed by atoms with van der Waals surface area (Å²) in [5.74, 6) is 1.28. The molecule has 0 aliphatic rings. The Labute approximate surface area is 120 Å². The van der Waals surface area contributed by atoms with Crippen LogP contribution < -0.4 is 21.1 Å². The molecule has 0 fully saturated rings. The highest BCUT2D eigenvalue weighted by molar-refractivity contribution is 5.83. The predicted molar refractivity (Wildman–Crippen MR) is 80.8 cm³/mol. The number of nitrogen functional groups attached to an aromatic ring is 1. The van der Waals surface area contributed by atoms with Gasteiger partial charge in [0.15, 0.2) is 0 Å². The van der Waals surface area contributed by atoms with Gasteiger partial charge in [0.05, 0.1) is 12.3 Å². The number of anilines is 2. The van der Waals surface area contributed by atoms with Gasteiger partial charge in [0.1, 0.15) is 11.9 Å². The summed E-state index contributed by atoms with van der Waals surface area (Å²) in [6.45, 7) is 8.90. The number of pyridine rings is 1. The van der Waals surface area contributed by atoms with Crippen LogP contribution in [0.15, 0.2) is 12.1 Å². The average Bonchev–Trinajstić information content (AvgIpc) is 2.39. The molecule has 1 heterocycles. The maximum absolute atomic E-state index is 11.7. The first-order valence-electron chi connectivity index (χ1n) is 6.87. The van der Waals surface area contributed by atoms with Crippen molar-refractivity contribution in [2.75, 3.05) is 24.2 Å². The van der Waals surface area contributed by atoms with Crippen molar-refractivity contribution in [1.82, 2.24) is 10.3 Å². The standard InChI is InChI=1S/C14H24N4O2/c1-5-16-13(19)10(4)17-12-7-6-11(15)14(18-12)20-8-9(2)3/h6-7,9-10H,5,8,15H2,1-4H3,(H,16,19)(H,17,18). The normalized spacial score (nSPS) is 12.1. The summed E-state index contributed by atoms with van der Waals surface area (Å²) in [6, 6.07) is 3.08. The van der Waals surface area contributed by atoms with Crippen LogP contribution in [-0.2, 0) is 4.79 Å². The fourth-order valence-electron chi connectivity index (χ4n) is 1.51. The van der Waals surface area contributed by atoms with Crippen LogP contribution in [0.25, 0.3) is 0 Å². The Morgan fingerprint density at radius 2 is 2.10 bits per heavy atom. The van der Waals surface area contributed by atoms with Crippen LogP contribution in [0.3, 0.4) is 0 Å². The van der Waals surface area contributed by atoms with Crippen molar-refractivity contribution < 1.29 is 9.53 Å². The lowest BCUT2D eigenvalue weighted by Crippen LogP contribution is -2.37. The molecule has 1 atom stereocenters. The number of hydrogen-bond acceptors (Lipinski definition) is 5. The third kappa shape index (κ3) is 4.95. The van der Waals surface area contributed by atoms with Crippen LogP contribution in [0.5, 0.6) is 5.88 Å². The van der Waals surface area contributed by atoms with Gasteiger partial charge in [-0.15, -0.1) is 0 Å². The maximum Gasteiger partial charge on any atom is 0.242 e. The Bertz CT molecular complexity index is 449. The largest absolute Gasteiger partial charge is 0.476 e. The van der Waals surface area contributed by atoms with Gasteiger partial charge in [-0.3, -0.25) is 4.79 Å². The Balaban J connectivity index is 2.71. The average molecular weight is 280 g/mol. The molecule has 1 aromatic heterocycles. The van der Waals surface area contributed by atoms with E-state index in [9.17, 15) is 4.79 Å². The molecule has 1 amide bonds. The topological polar surface area (TPSA) is 89.3 Å². The van der Waals surface area contributed by atoms with E-state index in [1.807, 2.05) is 6.92 Å². The van der Waals surface area contributed by atoms with E-state index in [1.54, 1.807) is 19.1 Å². The van der Waals surface area contributed by atoms with Crippen molar-refractivity contribution >= 4 is 17.4 Å². The van der Waals surface area contributed by atoms with E-state index < -0.39 is 0 Å². The van der Waals surface area contributed by atoms with Crippen molar-refractivity contribution in [1.29, 1.82) is 0 Å². The van der Waals surface area contributed by atoms with Gasteiger partial charge >= 0.3 is 0 Å². The van der Waals surface area contributed by atoms with Gasteiger partial charge in [-0.2, -0.15) is 4.98 Å². The van der Waals surface area contributed by atoms with Gasteiger partial charge in [0.2, 0.25) is 11.8 Å². The first-order valence-corrected chi connectivity index (χ1v) is 6.87. The predicted octanol–water partition coefficient (Wildman–Crippen LogP) is 1.64. The van der Waals surface area contributed by atoms with E-state index in [-0.39, 0.29) is 11.9 Å². The van der Waals surface area contributed by atoms with E-state index in [4.69, 9.17) is 10.5 Å². The number of rotatable bonds is 7. The first kappa shape index (κ1) is 16.1. The van der Waals surface area contributed by atoms with Gasteiger partial charge in [0.25, 0.3) is 0 Å². The highest BCUT2D eigenvalue weighted by Crippen LogP contribution is 2.21. The number of carbonyl (C=O) groups excluding carboxylic acids is 1. The second kappa shape index (κ2) is 7.57. The van der Waals surface area contributed by atoms with Crippen molar-refractivity contribution in [2.45, 2.75) is 33.7 Å². The maximum atomic E-state index is 11.7. The molecule has 0 saturated heterocycles. The number of hydrogen-bond donors (Lipinski definition) is 3. The first-order chi connectivity index (χ1) is 9.43. The molecule has 1 rings (SSSR count). The molecule has 0 aromatic carbocycles. The van der Waals surface area contributed by atoms with Crippen molar-refractivity contribution in [3.63, 3.8) is 0 Å². The zero-order chi connectivity index (χ0) is 15.1. The van der Waals surface area contributed by atoms with Crippen LogP contribution >= 0.6 is 0 Å². The molecule has 0 spiro atoms. The lowest BCUT2D eigenvalue weighted by atomic mass is 10.2. The third-order valence-corrected chi connectivity index (χ3v) is 2.55. The Morgan fingerprint density at radius 1 is 1.40 bits per heavy atom. The minimum Gasteiger partial charge on any atom is -0.476 e. The molecule has 0 radical (unpaired) electrons. The lowest BCUT2D eigenvalue weighted by molar-refractivity contribution is -0.121. The number of ether oxygens (including phenoxy) is 1. The quantitative estimate of drug-likeness (QED) is 0.706. The Hall–Kier alpha value is -1.98. The van der Waals surface area contributed by atoms with Crippen LogP contribution in [0, 0.1) is 5.92 Å². The van der Waals surface area contributed by atoms with E-state index in [2.05, 4.69) is 29.5 Å². The minimum atomic E-state index is -0.371. The number of nitrogens with two attached hydrogens (primary N) is 1. The summed E-state index contributed by atoms with van der Waals surface area (Å²) in [5, 5.41) is 5.77. The molecule has 6 nitrogen and oxygen atoms in total. The van der Waals surface area contributed by atoms with Crippen molar-refractivity contribution in [2.24, 2.45) is 5.92 Å². The molecule has 0 aliphatic heterocycles. The van der Waals surface area contributed by atoms with Gasteiger partial charge in [-0.1, -0.05) is 13.8 Å². The zero-order valence-electron chi connectivity index (χ0n) is 12.6. The molecule has 1 aromatic rings. The second-order valence-electron chi connectivity index (χ2n) is 5.06. The molecule has 20 heavy (non-hydrogen) atoms. The highest BCUT2D eigenvalue weighted by Gasteiger charge is 2.13. The van der Waals surface area contributed by atoms with E-state index in [0.29, 0.717) is 36.5 Å². The molecule has 6 heteroatoms. The second-order valence-corrected chi connectivity index (χ2v) is 5.06. The Kier molecular flexibility index (Phi) is 6.09. The van der Waals surface area contributed by atoms with E-state index >= 15 is 0 Å². The molecular formula is C14H24N4O2. The molecule has 0 saturated carbocycles. The number of nitrogens with one attached hydrogen (secondary N) is 2. The van der Waals surface area contributed by atoms with E-state index in [1.165, 1.54) is 0 Å². The number of amides is 1. The number of aromatic nitrogens is 1. The molecule has 0 aliphatic carbocycles.